The topological polar surface area (TPSA) is 69.7 Å². The Labute approximate surface area is 181 Å². The molecule has 31 heavy (non-hydrogen) atoms. The molecule has 0 atom stereocenters. The molecule has 0 aliphatic carbocycles. The number of piperazine rings is 1. The van der Waals surface area contributed by atoms with E-state index >= 15 is 0 Å². The molecule has 1 saturated heterocycles. The Balaban J connectivity index is 1.47. The number of sulfonamides is 1. The van der Waals surface area contributed by atoms with Gasteiger partial charge in [-0.1, -0.05) is 36.4 Å². The van der Waals surface area contributed by atoms with E-state index in [0.717, 1.165) is 5.69 Å². The minimum atomic E-state index is -4.04. The predicted molar refractivity (Wildman–Crippen MR) is 118 cm³/mol. The second-order valence-electron chi connectivity index (χ2n) is 7.23. The van der Waals surface area contributed by atoms with E-state index in [9.17, 15) is 17.6 Å². The fourth-order valence-electron chi connectivity index (χ4n) is 3.53. The summed E-state index contributed by atoms with van der Waals surface area (Å²) in [7, 11) is -4.04. The van der Waals surface area contributed by atoms with Crippen molar-refractivity contribution in [2.24, 2.45) is 0 Å². The lowest BCUT2D eigenvalue weighted by atomic mass is 10.1. The first-order valence-electron chi connectivity index (χ1n) is 9.91. The van der Waals surface area contributed by atoms with Gasteiger partial charge in [0.2, 0.25) is 0 Å². The molecule has 1 heterocycles. The zero-order chi connectivity index (χ0) is 21.8. The first kappa shape index (κ1) is 20.9. The van der Waals surface area contributed by atoms with Crippen LogP contribution in [0.15, 0.2) is 83.8 Å². The number of benzene rings is 3. The van der Waals surface area contributed by atoms with Crippen LogP contribution in [0.5, 0.6) is 0 Å². The second kappa shape index (κ2) is 8.77. The van der Waals surface area contributed by atoms with E-state index in [1.54, 1.807) is 11.0 Å². The van der Waals surface area contributed by atoms with Crippen LogP contribution in [0, 0.1) is 5.82 Å². The van der Waals surface area contributed by atoms with Crippen LogP contribution in [0.25, 0.3) is 0 Å². The molecule has 8 heteroatoms. The average Bonchev–Trinajstić information content (AvgIpc) is 2.81. The number of carbonyl (C=O) groups excluding carboxylic acids is 1. The third kappa shape index (κ3) is 4.69. The number of para-hydroxylation sites is 2. The molecular weight excluding hydrogens is 417 g/mol. The summed E-state index contributed by atoms with van der Waals surface area (Å²) in [4.78, 5) is 16.8. The number of hydrogen-bond donors (Lipinski definition) is 1. The normalized spacial score (nSPS) is 14.4. The molecule has 6 nitrogen and oxygen atoms in total. The molecule has 1 N–H and O–H groups in total. The molecule has 0 aromatic heterocycles. The summed E-state index contributed by atoms with van der Waals surface area (Å²) in [6.07, 6.45) is 0. The van der Waals surface area contributed by atoms with Crippen LogP contribution in [0.4, 0.5) is 15.8 Å². The Morgan fingerprint density at radius 2 is 1.52 bits per heavy atom. The van der Waals surface area contributed by atoms with E-state index in [-0.39, 0.29) is 22.1 Å². The highest BCUT2D eigenvalue weighted by Gasteiger charge is 2.24. The van der Waals surface area contributed by atoms with Gasteiger partial charge in [-0.3, -0.25) is 9.52 Å². The van der Waals surface area contributed by atoms with Gasteiger partial charge in [-0.15, -0.1) is 0 Å². The highest BCUT2D eigenvalue weighted by molar-refractivity contribution is 7.92. The lowest BCUT2D eigenvalue weighted by molar-refractivity contribution is 0.0746. The highest BCUT2D eigenvalue weighted by atomic mass is 32.2. The molecule has 3 aromatic rings. The van der Waals surface area contributed by atoms with Crippen LogP contribution >= 0.6 is 0 Å². The summed E-state index contributed by atoms with van der Waals surface area (Å²) >= 11 is 0. The number of nitrogens with one attached hydrogen (secondary N) is 1. The summed E-state index contributed by atoms with van der Waals surface area (Å²) in [5, 5.41) is 0. The van der Waals surface area contributed by atoms with E-state index in [1.165, 1.54) is 42.5 Å². The number of anilines is 2. The molecule has 4 rings (SSSR count). The molecule has 1 aliphatic rings. The van der Waals surface area contributed by atoms with Gasteiger partial charge in [0.15, 0.2) is 0 Å². The van der Waals surface area contributed by atoms with Crippen LogP contribution in [-0.2, 0) is 10.0 Å². The van der Waals surface area contributed by atoms with Crippen molar-refractivity contribution in [3.8, 4) is 0 Å². The SMILES string of the molecule is O=C(c1cccc(S(=O)(=O)Nc2ccccc2F)c1)N1CCN(c2ccccc2)CC1. The van der Waals surface area contributed by atoms with Crippen LogP contribution in [0.2, 0.25) is 0 Å². The van der Waals surface area contributed by atoms with Crippen LogP contribution < -0.4 is 9.62 Å². The summed E-state index contributed by atoms with van der Waals surface area (Å²) in [5.41, 5.74) is 1.25. The Kier molecular flexibility index (Phi) is 5.90. The van der Waals surface area contributed by atoms with Crippen LogP contribution in [0.1, 0.15) is 10.4 Å². The van der Waals surface area contributed by atoms with Gasteiger partial charge in [-0.25, -0.2) is 12.8 Å². The zero-order valence-corrected chi connectivity index (χ0v) is 17.6. The Hall–Kier alpha value is -3.39. The minimum absolute atomic E-state index is 0.0930. The number of nitrogens with zero attached hydrogens (tertiary/aromatic N) is 2. The smallest absolute Gasteiger partial charge is 0.262 e. The van der Waals surface area contributed by atoms with E-state index in [2.05, 4.69) is 9.62 Å². The average molecular weight is 440 g/mol. The molecule has 0 spiro atoms. The molecule has 0 radical (unpaired) electrons. The van der Waals surface area contributed by atoms with E-state index < -0.39 is 15.8 Å². The molecule has 3 aromatic carbocycles. The number of rotatable bonds is 5. The molecule has 0 bridgehead atoms. The van der Waals surface area contributed by atoms with Gasteiger partial charge < -0.3 is 9.80 Å². The maximum atomic E-state index is 13.8. The highest BCUT2D eigenvalue weighted by Crippen LogP contribution is 2.21. The predicted octanol–water partition coefficient (Wildman–Crippen LogP) is 3.59. The molecule has 1 amide bonds. The largest absolute Gasteiger partial charge is 0.368 e. The molecule has 0 saturated carbocycles. The maximum absolute atomic E-state index is 13.8. The number of carbonyl (C=O) groups is 1. The Morgan fingerprint density at radius 1 is 0.839 bits per heavy atom. The van der Waals surface area contributed by atoms with Gasteiger partial charge in [0.05, 0.1) is 10.6 Å². The van der Waals surface area contributed by atoms with Gasteiger partial charge in [0.1, 0.15) is 5.82 Å². The molecule has 1 fully saturated rings. The van der Waals surface area contributed by atoms with Gasteiger partial charge in [-0.2, -0.15) is 0 Å². The maximum Gasteiger partial charge on any atom is 0.262 e. The van der Waals surface area contributed by atoms with E-state index in [1.807, 2.05) is 30.3 Å². The lowest BCUT2D eigenvalue weighted by Crippen LogP contribution is -2.48. The van der Waals surface area contributed by atoms with E-state index in [4.69, 9.17) is 0 Å². The van der Waals surface area contributed by atoms with Crippen LogP contribution in [-0.4, -0.2) is 45.4 Å². The van der Waals surface area contributed by atoms with Crippen LogP contribution in [0.3, 0.4) is 0 Å². The van der Waals surface area contributed by atoms with Gasteiger partial charge in [0.25, 0.3) is 15.9 Å². The molecule has 160 valence electrons. The third-order valence-corrected chi connectivity index (χ3v) is 6.56. The van der Waals surface area contributed by atoms with Crippen molar-refractivity contribution >= 4 is 27.3 Å². The summed E-state index contributed by atoms with van der Waals surface area (Å²) in [6, 6.07) is 21.3. The number of amides is 1. The van der Waals surface area contributed by atoms with Crippen molar-refractivity contribution in [2.75, 3.05) is 35.8 Å². The third-order valence-electron chi connectivity index (χ3n) is 5.20. The summed E-state index contributed by atoms with van der Waals surface area (Å²) in [6.45, 7) is 2.47. The first-order valence-corrected chi connectivity index (χ1v) is 11.4. The van der Waals surface area contributed by atoms with Gasteiger partial charge in [0, 0.05) is 37.4 Å². The van der Waals surface area contributed by atoms with Crippen molar-refractivity contribution in [1.82, 2.24) is 4.90 Å². The van der Waals surface area contributed by atoms with Crippen molar-refractivity contribution in [1.29, 1.82) is 0 Å². The first-order chi connectivity index (χ1) is 14.9. The van der Waals surface area contributed by atoms with Crippen molar-refractivity contribution in [2.45, 2.75) is 4.90 Å². The van der Waals surface area contributed by atoms with Gasteiger partial charge in [-0.05, 0) is 42.5 Å². The molecule has 0 unspecified atom stereocenters. The zero-order valence-electron chi connectivity index (χ0n) is 16.7. The standard InChI is InChI=1S/C23H22FN3O3S/c24-21-11-4-5-12-22(21)25-31(29,30)20-10-6-7-18(17-20)23(28)27-15-13-26(14-16-27)19-8-2-1-3-9-19/h1-12,17,25H,13-16H2. The lowest BCUT2D eigenvalue weighted by Gasteiger charge is -2.36. The number of halogens is 1. The van der Waals surface area contributed by atoms with E-state index in [0.29, 0.717) is 26.2 Å². The minimum Gasteiger partial charge on any atom is -0.368 e. The second-order valence-corrected chi connectivity index (χ2v) is 8.91. The van der Waals surface area contributed by atoms with Gasteiger partial charge >= 0.3 is 0 Å². The number of hydrogen-bond acceptors (Lipinski definition) is 4. The van der Waals surface area contributed by atoms with Crippen molar-refractivity contribution in [3.63, 3.8) is 0 Å². The fraction of sp³-hybridized carbons (Fsp3) is 0.174. The Morgan fingerprint density at radius 3 is 2.23 bits per heavy atom. The van der Waals surface area contributed by atoms with Crippen molar-refractivity contribution in [3.05, 3.63) is 90.2 Å². The monoisotopic (exact) mass is 439 g/mol. The molecular formula is C23H22FN3O3S. The summed E-state index contributed by atoms with van der Waals surface area (Å²) in [5.74, 6) is -0.898. The Bertz CT molecular complexity index is 1180. The quantitative estimate of drug-likeness (QED) is 0.660. The van der Waals surface area contributed by atoms with Crippen molar-refractivity contribution < 1.29 is 17.6 Å². The molecule has 1 aliphatic heterocycles. The summed E-state index contributed by atoms with van der Waals surface area (Å²) < 4.78 is 41.5. The fourth-order valence-corrected chi connectivity index (χ4v) is 4.65.